The minimum atomic E-state index is -0.00726. The molecule has 4 nitrogen and oxygen atoms in total. The average Bonchev–Trinajstić information content (AvgIpc) is 2.41. The van der Waals surface area contributed by atoms with Crippen LogP contribution in [0.25, 0.3) is 10.8 Å². The van der Waals surface area contributed by atoms with Gasteiger partial charge in [0.15, 0.2) is 0 Å². The molecule has 0 aliphatic carbocycles. The van der Waals surface area contributed by atoms with Gasteiger partial charge in [-0.25, -0.2) is 0 Å². The molecule has 0 radical (unpaired) electrons. The number of nitriles is 2. The molecule has 2 aromatic carbocycles. The molecule has 0 heterocycles. The molecule has 0 aliphatic heterocycles. The highest BCUT2D eigenvalue weighted by molar-refractivity contribution is 5.97. The van der Waals surface area contributed by atoms with Crippen LogP contribution in [0.3, 0.4) is 0 Å². The van der Waals surface area contributed by atoms with E-state index >= 15 is 0 Å². The van der Waals surface area contributed by atoms with Crippen molar-refractivity contribution in [3.05, 3.63) is 48.2 Å². The van der Waals surface area contributed by atoms with Crippen LogP contribution in [0.15, 0.2) is 48.2 Å². The van der Waals surface area contributed by atoms with Crippen molar-refractivity contribution in [3.63, 3.8) is 0 Å². The highest BCUT2D eigenvalue weighted by Gasteiger charge is 2.02. The molecule has 86 valence electrons. The van der Waals surface area contributed by atoms with Gasteiger partial charge in [-0.05, 0) is 12.1 Å². The molecule has 0 spiro atoms. The molecule has 4 heteroatoms. The maximum atomic E-state index is 9.72. The minimum absolute atomic E-state index is 0.00726. The smallest absolute Gasteiger partial charge is 0.145 e. The number of hydrogen-bond donors (Lipinski definition) is 2. The van der Waals surface area contributed by atoms with E-state index < -0.39 is 0 Å². The van der Waals surface area contributed by atoms with Crippen molar-refractivity contribution in [2.75, 3.05) is 5.32 Å². The van der Waals surface area contributed by atoms with Crippen molar-refractivity contribution < 1.29 is 5.11 Å². The van der Waals surface area contributed by atoms with Gasteiger partial charge in [0.1, 0.15) is 23.5 Å². The summed E-state index contributed by atoms with van der Waals surface area (Å²) >= 11 is 0. The van der Waals surface area contributed by atoms with Crippen LogP contribution in [0.2, 0.25) is 0 Å². The standard InChI is InChI=1S/C14H9N3O/c15-7-10(8-16)9-17-13-5-1-4-12-11(13)3-2-6-14(12)18/h1-6,9,17-18H. The minimum Gasteiger partial charge on any atom is -0.507 e. The van der Waals surface area contributed by atoms with Gasteiger partial charge >= 0.3 is 0 Å². The first-order valence-electron chi connectivity index (χ1n) is 5.24. The third-order valence-electron chi connectivity index (χ3n) is 2.51. The second-order valence-corrected chi connectivity index (χ2v) is 3.60. The summed E-state index contributed by atoms with van der Waals surface area (Å²) in [5.41, 5.74) is 0.721. The molecule has 0 bridgehead atoms. The van der Waals surface area contributed by atoms with Crippen molar-refractivity contribution in [2.45, 2.75) is 0 Å². The van der Waals surface area contributed by atoms with Crippen molar-refractivity contribution in [3.8, 4) is 17.9 Å². The monoisotopic (exact) mass is 235 g/mol. The van der Waals surface area contributed by atoms with E-state index in [0.29, 0.717) is 5.39 Å². The molecule has 2 aromatic rings. The molecular formula is C14H9N3O. The Morgan fingerprint density at radius 2 is 1.72 bits per heavy atom. The molecule has 0 aromatic heterocycles. The maximum Gasteiger partial charge on any atom is 0.145 e. The summed E-state index contributed by atoms with van der Waals surface area (Å²) in [6.07, 6.45) is 1.35. The molecule has 0 saturated carbocycles. The summed E-state index contributed by atoms with van der Waals surface area (Å²) in [6, 6.07) is 14.1. The first kappa shape index (κ1) is 11.5. The Hall–Kier alpha value is -2.98. The van der Waals surface area contributed by atoms with Crippen LogP contribution in [-0.4, -0.2) is 5.11 Å². The highest BCUT2D eigenvalue weighted by Crippen LogP contribution is 2.29. The number of aromatic hydroxyl groups is 1. The molecule has 18 heavy (non-hydrogen) atoms. The number of benzene rings is 2. The van der Waals surface area contributed by atoms with Gasteiger partial charge in [0.25, 0.3) is 0 Å². The Bertz CT molecular complexity index is 689. The van der Waals surface area contributed by atoms with E-state index in [0.717, 1.165) is 11.1 Å². The number of phenols is 1. The summed E-state index contributed by atoms with van der Waals surface area (Å²) in [5.74, 6) is 0.195. The summed E-state index contributed by atoms with van der Waals surface area (Å²) < 4.78 is 0. The zero-order valence-corrected chi connectivity index (χ0v) is 9.38. The third-order valence-corrected chi connectivity index (χ3v) is 2.51. The summed E-state index contributed by atoms with van der Waals surface area (Å²) in [5, 5.41) is 31.4. The fourth-order valence-corrected chi connectivity index (χ4v) is 1.66. The Morgan fingerprint density at radius 1 is 1.06 bits per heavy atom. The fourth-order valence-electron chi connectivity index (χ4n) is 1.66. The molecule has 0 aliphatic rings. The second-order valence-electron chi connectivity index (χ2n) is 3.60. The molecule has 0 unspecified atom stereocenters. The van der Waals surface area contributed by atoms with Gasteiger partial charge in [0, 0.05) is 22.7 Å². The van der Waals surface area contributed by atoms with Gasteiger partial charge < -0.3 is 10.4 Å². The topological polar surface area (TPSA) is 79.8 Å². The third kappa shape index (κ3) is 2.09. The molecule has 0 saturated heterocycles. The maximum absolute atomic E-state index is 9.72. The van der Waals surface area contributed by atoms with E-state index in [1.165, 1.54) is 6.20 Å². The summed E-state index contributed by atoms with van der Waals surface area (Å²) in [7, 11) is 0. The van der Waals surface area contributed by atoms with Gasteiger partial charge in [0.2, 0.25) is 0 Å². The number of phenolic OH excluding ortho intramolecular Hbond substituents is 1. The normalized spacial score (nSPS) is 9.22. The van der Waals surface area contributed by atoms with Crippen LogP contribution < -0.4 is 5.32 Å². The SMILES string of the molecule is N#CC(C#N)=CNc1cccc2c(O)cccc12. The van der Waals surface area contributed by atoms with Gasteiger partial charge in [0.05, 0.1) is 0 Å². The predicted octanol–water partition coefficient (Wildman–Crippen LogP) is 2.89. The van der Waals surface area contributed by atoms with Crippen LogP contribution in [0, 0.1) is 22.7 Å². The lowest BCUT2D eigenvalue weighted by atomic mass is 10.1. The van der Waals surface area contributed by atoms with E-state index in [-0.39, 0.29) is 11.3 Å². The Balaban J connectivity index is 2.48. The molecule has 2 rings (SSSR count). The molecule has 0 amide bonds. The molecular weight excluding hydrogens is 226 g/mol. The number of nitrogens with one attached hydrogen (secondary N) is 1. The Labute approximate surface area is 104 Å². The first-order valence-corrected chi connectivity index (χ1v) is 5.24. The van der Waals surface area contributed by atoms with Gasteiger partial charge in [-0.3, -0.25) is 0 Å². The summed E-state index contributed by atoms with van der Waals surface area (Å²) in [4.78, 5) is 0. The van der Waals surface area contributed by atoms with E-state index in [9.17, 15) is 5.11 Å². The van der Waals surface area contributed by atoms with E-state index in [2.05, 4.69) is 5.32 Å². The van der Waals surface area contributed by atoms with Gasteiger partial charge in [-0.2, -0.15) is 10.5 Å². The quantitative estimate of drug-likeness (QED) is 0.784. The zero-order chi connectivity index (χ0) is 13.0. The van der Waals surface area contributed by atoms with Crippen LogP contribution in [0.1, 0.15) is 0 Å². The molecule has 0 fully saturated rings. The molecule has 0 atom stereocenters. The second kappa shape index (κ2) is 4.90. The van der Waals surface area contributed by atoms with Crippen LogP contribution >= 0.6 is 0 Å². The number of anilines is 1. The predicted molar refractivity (Wildman–Crippen MR) is 68.5 cm³/mol. The molecule has 2 N–H and O–H groups in total. The van der Waals surface area contributed by atoms with Crippen LogP contribution in [0.5, 0.6) is 5.75 Å². The number of hydrogen-bond acceptors (Lipinski definition) is 4. The van der Waals surface area contributed by atoms with Crippen molar-refractivity contribution in [2.24, 2.45) is 0 Å². The zero-order valence-electron chi connectivity index (χ0n) is 9.38. The van der Waals surface area contributed by atoms with Crippen molar-refractivity contribution in [1.82, 2.24) is 0 Å². The van der Waals surface area contributed by atoms with Crippen LogP contribution in [-0.2, 0) is 0 Å². The van der Waals surface area contributed by atoms with Crippen molar-refractivity contribution >= 4 is 16.5 Å². The lowest BCUT2D eigenvalue weighted by molar-refractivity contribution is 0.481. The largest absolute Gasteiger partial charge is 0.507 e. The fraction of sp³-hybridized carbons (Fsp3) is 0. The van der Waals surface area contributed by atoms with Crippen molar-refractivity contribution in [1.29, 1.82) is 10.5 Å². The highest BCUT2D eigenvalue weighted by atomic mass is 16.3. The first-order chi connectivity index (χ1) is 8.76. The number of fused-ring (bicyclic) bond motifs is 1. The summed E-state index contributed by atoms with van der Waals surface area (Å²) in [6.45, 7) is 0. The average molecular weight is 235 g/mol. The number of allylic oxidation sites excluding steroid dienone is 1. The number of rotatable bonds is 2. The van der Waals surface area contributed by atoms with E-state index in [1.54, 1.807) is 36.4 Å². The lowest BCUT2D eigenvalue weighted by Crippen LogP contribution is -1.91. The van der Waals surface area contributed by atoms with Crippen LogP contribution in [0.4, 0.5) is 5.69 Å². The Kier molecular flexibility index (Phi) is 3.13. The Morgan fingerprint density at radius 3 is 2.44 bits per heavy atom. The van der Waals surface area contributed by atoms with Gasteiger partial charge in [-0.15, -0.1) is 0 Å². The number of nitrogens with zero attached hydrogens (tertiary/aromatic N) is 2. The van der Waals surface area contributed by atoms with Gasteiger partial charge in [-0.1, -0.05) is 24.3 Å². The lowest BCUT2D eigenvalue weighted by Gasteiger charge is -2.07. The van der Waals surface area contributed by atoms with E-state index in [1.807, 2.05) is 12.1 Å². The van der Waals surface area contributed by atoms with E-state index in [4.69, 9.17) is 10.5 Å².